The molecule has 5 nitrogen and oxygen atoms in total. The van der Waals surface area contributed by atoms with E-state index in [2.05, 4.69) is 9.88 Å². The topological polar surface area (TPSA) is 73.7 Å². The van der Waals surface area contributed by atoms with Gasteiger partial charge in [-0.25, -0.2) is 9.78 Å². The van der Waals surface area contributed by atoms with Gasteiger partial charge in [0.2, 0.25) is 0 Å². The van der Waals surface area contributed by atoms with Gasteiger partial charge in [-0.2, -0.15) is 0 Å². The molecule has 0 bridgehead atoms. The van der Waals surface area contributed by atoms with Gasteiger partial charge in [0, 0.05) is 12.6 Å². The maximum Gasteiger partial charge on any atom is 0.354 e. The van der Waals surface area contributed by atoms with Crippen LogP contribution in [0, 0.1) is 0 Å². The second-order valence-corrected chi connectivity index (χ2v) is 4.56. The summed E-state index contributed by atoms with van der Waals surface area (Å²) < 4.78 is 0. The molecule has 1 aliphatic carbocycles. The van der Waals surface area contributed by atoms with Gasteiger partial charge in [0.25, 0.3) is 0 Å². The molecule has 1 aromatic rings. The zero-order valence-corrected chi connectivity index (χ0v) is 10.2. The van der Waals surface area contributed by atoms with E-state index in [-0.39, 0.29) is 12.3 Å². The van der Waals surface area contributed by atoms with Crippen molar-refractivity contribution in [1.82, 2.24) is 4.98 Å². The Bertz CT molecular complexity index is 399. The molecule has 0 aliphatic heterocycles. The molecule has 1 heterocycles. The Kier molecular flexibility index (Phi) is 4.15. The molecule has 0 aromatic carbocycles. The SMILES string of the molecule is O=C(O)c1ccc(N(CCO)C2CCCC2)cn1. The lowest BCUT2D eigenvalue weighted by molar-refractivity contribution is 0.0690. The van der Waals surface area contributed by atoms with Crippen LogP contribution in [0.3, 0.4) is 0 Å². The highest BCUT2D eigenvalue weighted by Gasteiger charge is 2.22. The largest absolute Gasteiger partial charge is 0.477 e. The quantitative estimate of drug-likeness (QED) is 0.828. The lowest BCUT2D eigenvalue weighted by Gasteiger charge is -2.30. The summed E-state index contributed by atoms with van der Waals surface area (Å²) in [6, 6.07) is 3.72. The average molecular weight is 250 g/mol. The fourth-order valence-corrected chi connectivity index (χ4v) is 2.53. The van der Waals surface area contributed by atoms with E-state index in [1.54, 1.807) is 12.3 Å². The van der Waals surface area contributed by atoms with Gasteiger partial charge in [0.05, 0.1) is 18.5 Å². The molecule has 18 heavy (non-hydrogen) atoms. The van der Waals surface area contributed by atoms with Crippen molar-refractivity contribution in [3.8, 4) is 0 Å². The Morgan fingerprint density at radius 3 is 2.61 bits per heavy atom. The van der Waals surface area contributed by atoms with Gasteiger partial charge in [0.1, 0.15) is 5.69 Å². The van der Waals surface area contributed by atoms with Crippen LogP contribution in [0.25, 0.3) is 0 Å². The first-order valence-corrected chi connectivity index (χ1v) is 6.29. The third-order valence-electron chi connectivity index (χ3n) is 3.41. The van der Waals surface area contributed by atoms with Crippen molar-refractivity contribution in [3.05, 3.63) is 24.0 Å². The number of carboxylic acids is 1. The predicted molar refractivity (Wildman–Crippen MR) is 67.9 cm³/mol. The van der Waals surface area contributed by atoms with Crippen molar-refractivity contribution in [2.45, 2.75) is 31.7 Å². The van der Waals surface area contributed by atoms with Crippen LogP contribution in [0.1, 0.15) is 36.2 Å². The minimum Gasteiger partial charge on any atom is -0.477 e. The number of carbonyl (C=O) groups is 1. The van der Waals surface area contributed by atoms with Crippen LogP contribution < -0.4 is 4.90 Å². The highest BCUT2D eigenvalue weighted by atomic mass is 16.4. The third-order valence-corrected chi connectivity index (χ3v) is 3.41. The van der Waals surface area contributed by atoms with Gasteiger partial charge in [-0.15, -0.1) is 0 Å². The molecular formula is C13H18N2O3. The number of hydrogen-bond acceptors (Lipinski definition) is 4. The first-order valence-electron chi connectivity index (χ1n) is 6.29. The molecule has 98 valence electrons. The maximum atomic E-state index is 10.7. The average Bonchev–Trinajstić information content (AvgIpc) is 2.90. The molecule has 2 rings (SSSR count). The van der Waals surface area contributed by atoms with Crippen LogP contribution in [0.5, 0.6) is 0 Å². The van der Waals surface area contributed by atoms with Crippen LogP contribution in [-0.4, -0.2) is 40.4 Å². The molecule has 0 unspecified atom stereocenters. The van der Waals surface area contributed by atoms with E-state index in [9.17, 15) is 4.79 Å². The molecule has 5 heteroatoms. The molecule has 0 atom stereocenters. The van der Waals surface area contributed by atoms with Gasteiger partial charge in [0.15, 0.2) is 0 Å². The molecular weight excluding hydrogens is 232 g/mol. The minimum absolute atomic E-state index is 0.0501. The smallest absolute Gasteiger partial charge is 0.354 e. The van der Waals surface area contributed by atoms with E-state index in [0.29, 0.717) is 12.6 Å². The summed E-state index contributed by atoms with van der Waals surface area (Å²) in [5.74, 6) is -1.02. The molecule has 1 aliphatic rings. The Labute approximate surface area is 106 Å². The number of hydrogen-bond donors (Lipinski definition) is 2. The van der Waals surface area contributed by atoms with Crippen molar-refractivity contribution >= 4 is 11.7 Å². The summed E-state index contributed by atoms with van der Waals surface area (Å²) in [6.07, 6.45) is 6.26. The van der Waals surface area contributed by atoms with E-state index in [0.717, 1.165) is 18.5 Å². The summed E-state index contributed by atoms with van der Waals surface area (Å²) in [5.41, 5.74) is 0.940. The Hall–Kier alpha value is -1.62. The summed E-state index contributed by atoms with van der Waals surface area (Å²) in [5, 5.41) is 18.0. The number of aliphatic hydroxyl groups excluding tert-OH is 1. The zero-order chi connectivity index (χ0) is 13.0. The molecule has 2 N–H and O–H groups in total. The summed E-state index contributed by atoms with van der Waals surface area (Å²) in [4.78, 5) is 16.8. The highest BCUT2D eigenvalue weighted by molar-refractivity contribution is 5.85. The standard InChI is InChI=1S/C13H18N2O3/c16-8-7-15(10-3-1-2-4-10)11-5-6-12(13(17)18)14-9-11/h5-6,9-10,16H,1-4,7-8H2,(H,17,18). The maximum absolute atomic E-state index is 10.7. The van der Waals surface area contributed by atoms with E-state index in [4.69, 9.17) is 10.2 Å². The number of anilines is 1. The van der Waals surface area contributed by atoms with Gasteiger partial charge in [-0.3, -0.25) is 0 Å². The van der Waals surface area contributed by atoms with Crippen LogP contribution in [0.15, 0.2) is 18.3 Å². The Balaban J connectivity index is 2.16. The second-order valence-electron chi connectivity index (χ2n) is 4.56. The monoisotopic (exact) mass is 250 g/mol. The minimum atomic E-state index is -1.02. The highest BCUT2D eigenvalue weighted by Crippen LogP contribution is 2.27. The molecule has 0 saturated heterocycles. The van der Waals surface area contributed by atoms with Crippen LogP contribution in [-0.2, 0) is 0 Å². The third kappa shape index (κ3) is 2.79. The Morgan fingerprint density at radius 1 is 1.39 bits per heavy atom. The fourth-order valence-electron chi connectivity index (χ4n) is 2.53. The van der Waals surface area contributed by atoms with Crippen LogP contribution in [0.2, 0.25) is 0 Å². The first-order chi connectivity index (χ1) is 8.72. The number of rotatable bonds is 5. The van der Waals surface area contributed by atoms with E-state index in [1.165, 1.54) is 18.9 Å². The van der Waals surface area contributed by atoms with Crippen LogP contribution >= 0.6 is 0 Å². The zero-order valence-electron chi connectivity index (χ0n) is 10.2. The van der Waals surface area contributed by atoms with E-state index >= 15 is 0 Å². The number of aromatic nitrogens is 1. The molecule has 1 aromatic heterocycles. The summed E-state index contributed by atoms with van der Waals surface area (Å²) in [7, 11) is 0. The number of pyridine rings is 1. The molecule has 0 spiro atoms. The summed E-state index contributed by atoms with van der Waals surface area (Å²) in [6.45, 7) is 0.663. The van der Waals surface area contributed by atoms with E-state index < -0.39 is 5.97 Å². The Morgan fingerprint density at radius 2 is 2.11 bits per heavy atom. The molecule has 1 saturated carbocycles. The van der Waals surface area contributed by atoms with Crippen molar-refractivity contribution < 1.29 is 15.0 Å². The lowest BCUT2D eigenvalue weighted by Crippen LogP contribution is -2.35. The number of nitrogens with zero attached hydrogens (tertiary/aromatic N) is 2. The van der Waals surface area contributed by atoms with Crippen molar-refractivity contribution in [1.29, 1.82) is 0 Å². The molecule has 1 fully saturated rings. The first kappa shape index (κ1) is 12.8. The van der Waals surface area contributed by atoms with Gasteiger partial charge in [-0.1, -0.05) is 12.8 Å². The fraction of sp³-hybridized carbons (Fsp3) is 0.538. The number of aromatic carboxylic acids is 1. The van der Waals surface area contributed by atoms with Crippen molar-refractivity contribution in [3.63, 3.8) is 0 Å². The normalized spacial score (nSPS) is 15.8. The number of aliphatic hydroxyl groups is 1. The van der Waals surface area contributed by atoms with Gasteiger partial charge in [-0.05, 0) is 25.0 Å². The van der Waals surface area contributed by atoms with Crippen molar-refractivity contribution in [2.75, 3.05) is 18.1 Å². The van der Waals surface area contributed by atoms with Gasteiger partial charge >= 0.3 is 5.97 Å². The molecule has 0 radical (unpaired) electrons. The number of carboxylic acid groups (broad SMARTS) is 1. The summed E-state index contributed by atoms with van der Waals surface area (Å²) >= 11 is 0. The van der Waals surface area contributed by atoms with Crippen LogP contribution in [0.4, 0.5) is 5.69 Å². The van der Waals surface area contributed by atoms with Crippen molar-refractivity contribution in [2.24, 2.45) is 0 Å². The lowest BCUT2D eigenvalue weighted by atomic mass is 10.2. The predicted octanol–water partition coefficient (Wildman–Crippen LogP) is 1.52. The van der Waals surface area contributed by atoms with Gasteiger partial charge < -0.3 is 15.1 Å². The second kappa shape index (κ2) is 5.82. The molecule has 0 amide bonds. The van der Waals surface area contributed by atoms with E-state index in [1.807, 2.05) is 0 Å².